The lowest BCUT2D eigenvalue weighted by molar-refractivity contribution is -0.122. The van der Waals surface area contributed by atoms with Crippen molar-refractivity contribution < 1.29 is 13.2 Å². The summed E-state index contributed by atoms with van der Waals surface area (Å²) in [5, 5.41) is 2.59. The van der Waals surface area contributed by atoms with E-state index in [2.05, 4.69) is 21.2 Å². The molecule has 92 valence electrons. The van der Waals surface area contributed by atoms with Crippen LogP contribution in [0.4, 0.5) is 0 Å². The van der Waals surface area contributed by atoms with Gasteiger partial charge in [-0.1, -0.05) is 15.9 Å². The highest BCUT2D eigenvalue weighted by Crippen LogP contribution is 2.19. The Labute approximate surface area is 108 Å². The molecule has 1 fully saturated rings. The van der Waals surface area contributed by atoms with Gasteiger partial charge in [0.2, 0.25) is 15.9 Å². The van der Waals surface area contributed by atoms with Crippen LogP contribution in [0.2, 0.25) is 0 Å². The van der Waals surface area contributed by atoms with E-state index in [-0.39, 0.29) is 17.3 Å². The number of sulfonamides is 1. The number of nitrogens with zero attached hydrogens (tertiary/aromatic N) is 1. The van der Waals surface area contributed by atoms with E-state index in [1.54, 1.807) is 12.1 Å². The third-order valence-corrected chi connectivity index (χ3v) is 4.84. The van der Waals surface area contributed by atoms with Gasteiger partial charge in [0.15, 0.2) is 0 Å². The highest BCUT2D eigenvalue weighted by atomic mass is 79.9. The van der Waals surface area contributed by atoms with Crippen molar-refractivity contribution in [3.8, 4) is 0 Å². The first-order chi connectivity index (χ1) is 8.00. The first-order valence-electron chi connectivity index (χ1n) is 5.02. The number of benzene rings is 1. The second kappa shape index (κ2) is 4.75. The van der Waals surface area contributed by atoms with Gasteiger partial charge >= 0.3 is 0 Å². The quantitative estimate of drug-likeness (QED) is 0.867. The van der Waals surface area contributed by atoms with E-state index < -0.39 is 10.0 Å². The largest absolute Gasteiger partial charge is 0.354 e. The number of nitrogens with one attached hydrogen (secondary N) is 1. The van der Waals surface area contributed by atoms with E-state index in [1.807, 2.05) is 0 Å². The summed E-state index contributed by atoms with van der Waals surface area (Å²) in [6.07, 6.45) is 0. The summed E-state index contributed by atoms with van der Waals surface area (Å²) in [5.41, 5.74) is 0. The van der Waals surface area contributed by atoms with Gasteiger partial charge in [0.05, 0.1) is 11.4 Å². The predicted octanol–water partition coefficient (Wildman–Crippen LogP) is 0.570. The maximum absolute atomic E-state index is 12.2. The fraction of sp³-hybridized carbons (Fsp3) is 0.300. The molecule has 0 atom stereocenters. The first kappa shape index (κ1) is 12.5. The van der Waals surface area contributed by atoms with Gasteiger partial charge in [-0.3, -0.25) is 4.79 Å². The average Bonchev–Trinajstić information content (AvgIpc) is 2.29. The smallest absolute Gasteiger partial charge is 0.243 e. The van der Waals surface area contributed by atoms with Crippen molar-refractivity contribution in [1.82, 2.24) is 9.62 Å². The summed E-state index contributed by atoms with van der Waals surface area (Å²) in [4.78, 5) is 11.4. The number of carbonyl (C=O) groups excluding carboxylic acids is 1. The third-order valence-electron chi connectivity index (χ3n) is 2.45. The Bertz CT molecular complexity index is 527. The Morgan fingerprint density at radius 3 is 2.47 bits per heavy atom. The van der Waals surface area contributed by atoms with Crippen molar-refractivity contribution in [1.29, 1.82) is 0 Å². The summed E-state index contributed by atoms with van der Waals surface area (Å²) >= 11 is 3.25. The number of amides is 1. The fourth-order valence-corrected chi connectivity index (χ4v) is 3.24. The van der Waals surface area contributed by atoms with Crippen molar-refractivity contribution in [3.63, 3.8) is 0 Å². The summed E-state index contributed by atoms with van der Waals surface area (Å²) < 4.78 is 26.4. The van der Waals surface area contributed by atoms with Crippen LogP contribution in [0.25, 0.3) is 0 Å². The lowest BCUT2D eigenvalue weighted by Crippen LogP contribution is -2.49. The fourth-order valence-electron chi connectivity index (χ4n) is 1.58. The Morgan fingerprint density at radius 1 is 1.24 bits per heavy atom. The van der Waals surface area contributed by atoms with Gasteiger partial charge in [-0.25, -0.2) is 8.42 Å². The van der Waals surface area contributed by atoms with Gasteiger partial charge < -0.3 is 5.32 Å². The van der Waals surface area contributed by atoms with Crippen LogP contribution in [0.3, 0.4) is 0 Å². The standard InChI is InChI=1S/C10H11BrN2O3S/c11-8-1-3-9(4-2-8)17(15,16)13-6-5-12-10(14)7-13/h1-4H,5-7H2,(H,12,14). The highest BCUT2D eigenvalue weighted by molar-refractivity contribution is 9.10. The van der Waals surface area contributed by atoms with Crippen molar-refractivity contribution in [2.45, 2.75) is 4.90 Å². The molecule has 0 aliphatic carbocycles. The van der Waals surface area contributed by atoms with Gasteiger partial charge in [-0.2, -0.15) is 4.31 Å². The van der Waals surface area contributed by atoms with Gasteiger partial charge in [0.1, 0.15) is 0 Å². The number of hydrogen-bond donors (Lipinski definition) is 1. The normalized spacial score (nSPS) is 17.8. The number of hydrogen-bond acceptors (Lipinski definition) is 3. The van der Waals surface area contributed by atoms with Crippen molar-refractivity contribution in [2.24, 2.45) is 0 Å². The Balaban J connectivity index is 2.29. The molecular weight excluding hydrogens is 308 g/mol. The molecule has 2 rings (SSSR count). The van der Waals surface area contributed by atoms with Gasteiger partial charge in [0, 0.05) is 17.6 Å². The van der Waals surface area contributed by atoms with E-state index in [0.717, 1.165) is 4.47 Å². The lowest BCUT2D eigenvalue weighted by atomic mass is 10.4. The monoisotopic (exact) mass is 318 g/mol. The van der Waals surface area contributed by atoms with Crippen LogP contribution in [-0.2, 0) is 14.8 Å². The molecule has 0 spiro atoms. The first-order valence-corrected chi connectivity index (χ1v) is 7.26. The van der Waals surface area contributed by atoms with E-state index in [9.17, 15) is 13.2 Å². The molecule has 0 radical (unpaired) electrons. The van der Waals surface area contributed by atoms with Gasteiger partial charge in [0.25, 0.3) is 0 Å². The molecule has 1 saturated heterocycles. The Kier molecular flexibility index (Phi) is 3.50. The zero-order valence-corrected chi connectivity index (χ0v) is 11.3. The molecule has 5 nitrogen and oxygen atoms in total. The number of halogens is 1. The molecule has 17 heavy (non-hydrogen) atoms. The molecule has 1 heterocycles. The molecule has 0 saturated carbocycles. The maximum Gasteiger partial charge on any atom is 0.243 e. The van der Waals surface area contributed by atoms with Crippen molar-refractivity contribution in [2.75, 3.05) is 19.6 Å². The molecule has 1 N–H and O–H groups in total. The number of piperazine rings is 1. The highest BCUT2D eigenvalue weighted by Gasteiger charge is 2.28. The molecule has 1 amide bonds. The third kappa shape index (κ3) is 2.67. The van der Waals surface area contributed by atoms with Crippen molar-refractivity contribution >= 4 is 31.9 Å². The van der Waals surface area contributed by atoms with Crippen LogP contribution in [0.15, 0.2) is 33.6 Å². The molecule has 1 aliphatic heterocycles. The molecule has 1 aliphatic rings. The molecule has 7 heteroatoms. The summed E-state index contributed by atoms with van der Waals surface area (Å²) in [6.45, 7) is 0.553. The molecule has 0 bridgehead atoms. The van der Waals surface area contributed by atoms with Crippen LogP contribution < -0.4 is 5.32 Å². The van der Waals surface area contributed by atoms with E-state index in [0.29, 0.717) is 13.1 Å². The summed E-state index contributed by atoms with van der Waals surface area (Å²) in [6, 6.07) is 6.37. The minimum atomic E-state index is -3.56. The zero-order chi connectivity index (χ0) is 12.5. The molecule has 1 aromatic carbocycles. The van der Waals surface area contributed by atoms with Gasteiger partial charge in [-0.15, -0.1) is 0 Å². The molecular formula is C10H11BrN2O3S. The minimum Gasteiger partial charge on any atom is -0.354 e. The minimum absolute atomic E-state index is 0.113. The average molecular weight is 319 g/mol. The second-order valence-electron chi connectivity index (χ2n) is 3.64. The summed E-state index contributed by atoms with van der Waals surface area (Å²) in [5.74, 6) is -0.267. The Morgan fingerprint density at radius 2 is 1.88 bits per heavy atom. The van der Waals surface area contributed by atoms with E-state index in [1.165, 1.54) is 16.4 Å². The van der Waals surface area contributed by atoms with E-state index >= 15 is 0 Å². The van der Waals surface area contributed by atoms with Crippen LogP contribution in [0, 0.1) is 0 Å². The zero-order valence-electron chi connectivity index (χ0n) is 8.89. The van der Waals surface area contributed by atoms with Crippen LogP contribution >= 0.6 is 15.9 Å². The van der Waals surface area contributed by atoms with Crippen LogP contribution in [-0.4, -0.2) is 38.3 Å². The molecule has 1 aromatic rings. The van der Waals surface area contributed by atoms with Crippen molar-refractivity contribution in [3.05, 3.63) is 28.7 Å². The van der Waals surface area contributed by atoms with Crippen LogP contribution in [0.1, 0.15) is 0 Å². The summed E-state index contributed by atoms with van der Waals surface area (Å²) in [7, 11) is -3.56. The Hall–Kier alpha value is -0.920. The maximum atomic E-state index is 12.2. The SMILES string of the molecule is O=C1CN(S(=O)(=O)c2ccc(Br)cc2)CCN1. The number of rotatable bonds is 2. The van der Waals surface area contributed by atoms with Gasteiger partial charge in [-0.05, 0) is 24.3 Å². The number of carbonyl (C=O) groups is 1. The second-order valence-corrected chi connectivity index (χ2v) is 6.50. The molecule has 0 aromatic heterocycles. The topological polar surface area (TPSA) is 66.5 Å². The lowest BCUT2D eigenvalue weighted by Gasteiger charge is -2.25. The predicted molar refractivity (Wildman–Crippen MR) is 65.9 cm³/mol. The van der Waals surface area contributed by atoms with E-state index in [4.69, 9.17) is 0 Å². The van der Waals surface area contributed by atoms with Crippen LogP contribution in [0.5, 0.6) is 0 Å². The molecule has 0 unspecified atom stereocenters.